The van der Waals surface area contributed by atoms with E-state index < -0.39 is 0 Å². The van der Waals surface area contributed by atoms with Gasteiger partial charge < -0.3 is 15.5 Å². The van der Waals surface area contributed by atoms with E-state index >= 15 is 0 Å². The van der Waals surface area contributed by atoms with Crippen LogP contribution in [0.2, 0.25) is 0 Å². The zero-order chi connectivity index (χ0) is 11.1. The normalized spacial score (nSPS) is 19.3. The fraction of sp³-hybridized carbons (Fsp3) is 0.909. The number of likely N-dealkylation sites (N-methyl/N-ethyl adjacent to an activating group) is 1. The van der Waals surface area contributed by atoms with Crippen LogP contribution in [-0.4, -0.2) is 55.0 Å². The van der Waals surface area contributed by atoms with Gasteiger partial charge in [-0.3, -0.25) is 4.79 Å². The standard InChI is InChI=1S/C11H23N3O/c1-2-13-7-9-14(10-8-13)6-4-3-5-11(12)15/h2-10H2,1H3,(H2,12,15). The van der Waals surface area contributed by atoms with E-state index in [1.807, 2.05) is 0 Å². The number of primary amides is 1. The molecule has 0 unspecified atom stereocenters. The van der Waals surface area contributed by atoms with Gasteiger partial charge in [-0.1, -0.05) is 6.92 Å². The molecule has 1 rings (SSSR count). The van der Waals surface area contributed by atoms with Gasteiger partial charge in [-0.05, 0) is 25.9 Å². The minimum absolute atomic E-state index is 0.175. The monoisotopic (exact) mass is 213 g/mol. The van der Waals surface area contributed by atoms with Crippen LogP contribution in [0.5, 0.6) is 0 Å². The number of amides is 1. The SMILES string of the molecule is CCN1CCN(CCCCC(N)=O)CC1. The number of hydrogen-bond donors (Lipinski definition) is 1. The third-order valence-corrected chi connectivity index (χ3v) is 3.06. The molecule has 1 aliphatic rings. The average molecular weight is 213 g/mol. The van der Waals surface area contributed by atoms with Gasteiger partial charge in [-0.2, -0.15) is 0 Å². The summed E-state index contributed by atoms with van der Waals surface area (Å²) in [5.74, 6) is -0.175. The maximum absolute atomic E-state index is 10.5. The lowest BCUT2D eigenvalue weighted by Crippen LogP contribution is -2.46. The quantitative estimate of drug-likeness (QED) is 0.645. The van der Waals surface area contributed by atoms with E-state index in [-0.39, 0.29) is 5.91 Å². The summed E-state index contributed by atoms with van der Waals surface area (Å²) in [6.45, 7) is 9.20. The van der Waals surface area contributed by atoms with Crippen LogP contribution in [-0.2, 0) is 4.79 Å². The predicted octanol–water partition coefficient (Wildman–Crippen LogP) is 0.280. The number of nitrogens with two attached hydrogens (primary N) is 1. The second kappa shape index (κ2) is 6.80. The highest BCUT2D eigenvalue weighted by molar-refractivity contribution is 5.73. The summed E-state index contributed by atoms with van der Waals surface area (Å²) in [6, 6.07) is 0. The Morgan fingerprint density at radius 3 is 2.27 bits per heavy atom. The Bertz CT molecular complexity index is 188. The first-order chi connectivity index (χ1) is 7.22. The lowest BCUT2D eigenvalue weighted by Gasteiger charge is -2.33. The molecule has 1 heterocycles. The molecule has 4 heteroatoms. The maximum Gasteiger partial charge on any atom is 0.217 e. The highest BCUT2D eigenvalue weighted by atomic mass is 16.1. The van der Waals surface area contributed by atoms with Crippen molar-refractivity contribution < 1.29 is 4.79 Å². The molecule has 0 aromatic carbocycles. The molecular formula is C11H23N3O. The van der Waals surface area contributed by atoms with Crippen molar-refractivity contribution in [1.82, 2.24) is 9.80 Å². The molecule has 0 bridgehead atoms. The number of nitrogens with zero attached hydrogens (tertiary/aromatic N) is 2. The van der Waals surface area contributed by atoms with E-state index in [0.717, 1.165) is 25.9 Å². The summed E-state index contributed by atoms with van der Waals surface area (Å²) in [4.78, 5) is 15.5. The van der Waals surface area contributed by atoms with Gasteiger partial charge in [0.05, 0.1) is 0 Å². The second-order valence-corrected chi connectivity index (χ2v) is 4.20. The van der Waals surface area contributed by atoms with Crippen LogP contribution in [0.3, 0.4) is 0 Å². The summed E-state index contributed by atoms with van der Waals surface area (Å²) in [6.07, 6.45) is 2.56. The Morgan fingerprint density at radius 1 is 1.13 bits per heavy atom. The third kappa shape index (κ3) is 5.14. The van der Waals surface area contributed by atoms with Crippen molar-refractivity contribution in [2.45, 2.75) is 26.2 Å². The molecule has 1 fully saturated rings. The van der Waals surface area contributed by atoms with Crippen LogP contribution in [0.15, 0.2) is 0 Å². The first kappa shape index (κ1) is 12.5. The molecule has 2 N–H and O–H groups in total. The van der Waals surface area contributed by atoms with Crippen molar-refractivity contribution >= 4 is 5.91 Å². The van der Waals surface area contributed by atoms with Gasteiger partial charge in [0, 0.05) is 32.6 Å². The van der Waals surface area contributed by atoms with Crippen molar-refractivity contribution in [3.8, 4) is 0 Å². The van der Waals surface area contributed by atoms with E-state index in [2.05, 4.69) is 16.7 Å². The Morgan fingerprint density at radius 2 is 1.73 bits per heavy atom. The fourth-order valence-corrected chi connectivity index (χ4v) is 1.96. The van der Waals surface area contributed by atoms with Gasteiger partial charge >= 0.3 is 0 Å². The van der Waals surface area contributed by atoms with Gasteiger partial charge in [0.1, 0.15) is 0 Å². The lowest BCUT2D eigenvalue weighted by atomic mass is 10.2. The largest absolute Gasteiger partial charge is 0.370 e. The molecule has 0 spiro atoms. The molecule has 0 aliphatic carbocycles. The first-order valence-corrected chi connectivity index (χ1v) is 5.95. The van der Waals surface area contributed by atoms with Gasteiger partial charge in [0.25, 0.3) is 0 Å². The van der Waals surface area contributed by atoms with Crippen molar-refractivity contribution in [3.63, 3.8) is 0 Å². The number of rotatable bonds is 6. The van der Waals surface area contributed by atoms with Crippen LogP contribution in [0.1, 0.15) is 26.2 Å². The van der Waals surface area contributed by atoms with Crippen molar-refractivity contribution in [1.29, 1.82) is 0 Å². The number of carbonyl (C=O) groups excluding carboxylic acids is 1. The van der Waals surface area contributed by atoms with Crippen LogP contribution in [0.25, 0.3) is 0 Å². The highest BCUT2D eigenvalue weighted by Gasteiger charge is 2.14. The molecule has 0 aromatic heterocycles. The molecule has 1 aliphatic heterocycles. The molecule has 0 radical (unpaired) electrons. The molecule has 4 nitrogen and oxygen atoms in total. The van der Waals surface area contributed by atoms with Crippen molar-refractivity contribution in [3.05, 3.63) is 0 Å². The molecule has 1 amide bonds. The molecule has 1 saturated heterocycles. The van der Waals surface area contributed by atoms with Crippen molar-refractivity contribution in [2.75, 3.05) is 39.3 Å². The summed E-state index contributed by atoms with van der Waals surface area (Å²) in [5, 5.41) is 0. The minimum Gasteiger partial charge on any atom is -0.370 e. The summed E-state index contributed by atoms with van der Waals surface area (Å²) in [5.41, 5.74) is 5.09. The Balaban J connectivity index is 2.01. The van der Waals surface area contributed by atoms with Gasteiger partial charge in [-0.15, -0.1) is 0 Å². The van der Waals surface area contributed by atoms with Crippen LogP contribution >= 0.6 is 0 Å². The molecule has 88 valence electrons. The number of hydrogen-bond acceptors (Lipinski definition) is 3. The zero-order valence-corrected chi connectivity index (χ0v) is 9.74. The Hall–Kier alpha value is -0.610. The first-order valence-electron chi connectivity index (χ1n) is 5.95. The topological polar surface area (TPSA) is 49.6 Å². The van der Waals surface area contributed by atoms with E-state index in [1.54, 1.807) is 0 Å². The molecule has 0 aromatic rings. The maximum atomic E-state index is 10.5. The summed E-state index contributed by atoms with van der Waals surface area (Å²) >= 11 is 0. The van der Waals surface area contributed by atoms with Crippen LogP contribution in [0, 0.1) is 0 Å². The van der Waals surface area contributed by atoms with Crippen molar-refractivity contribution in [2.24, 2.45) is 5.73 Å². The molecule has 0 atom stereocenters. The smallest absolute Gasteiger partial charge is 0.217 e. The van der Waals surface area contributed by atoms with Gasteiger partial charge in [-0.25, -0.2) is 0 Å². The third-order valence-electron chi connectivity index (χ3n) is 3.06. The summed E-state index contributed by atoms with van der Waals surface area (Å²) in [7, 11) is 0. The number of carbonyl (C=O) groups is 1. The Kier molecular flexibility index (Phi) is 5.65. The van der Waals surface area contributed by atoms with Gasteiger partial charge in [0.2, 0.25) is 5.91 Å². The predicted molar refractivity (Wildman–Crippen MR) is 61.6 cm³/mol. The lowest BCUT2D eigenvalue weighted by molar-refractivity contribution is -0.118. The fourth-order valence-electron chi connectivity index (χ4n) is 1.96. The van der Waals surface area contributed by atoms with E-state index in [1.165, 1.54) is 26.2 Å². The zero-order valence-electron chi connectivity index (χ0n) is 9.74. The second-order valence-electron chi connectivity index (χ2n) is 4.20. The number of unbranched alkanes of at least 4 members (excludes halogenated alkanes) is 1. The summed E-state index contributed by atoms with van der Waals surface area (Å²) < 4.78 is 0. The average Bonchev–Trinajstić information content (AvgIpc) is 2.25. The van der Waals surface area contributed by atoms with Crippen LogP contribution < -0.4 is 5.73 Å². The minimum atomic E-state index is -0.175. The van der Waals surface area contributed by atoms with E-state index in [9.17, 15) is 4.79 Å². The number of piperazine rings is 1. The molecule has 0 saturated carbocycles. The highest BCUT2D eigenvalue weighted by Crippen LogP contribution is 2.04. The molecular weight excluding hydrogens is 190 g/mol. The van der Waals surface area contributed by atoms with Crippen LogP contribution in [0.4, 0.5) is 0 Å². The van der Waals surface area contributed by atoms with E-state index in [0.29, 0.717) is 6.42 Å². The molecule has 15 heavy (non-hydrogen) atoms. The van der Waals surface area contributed by atoms with Gasteiger partial charge in [0.15, 0.2) is 0 Å². The Labute approximate surface area is 92.4 Å². The van der Waals surface area contributed by atoms with E-state index in [4.69, 9.17) is 5.73 Å².